The maximum absolute atomic E-state index is 13.1. The first-order valence-corrected chi connectivity index (χ1v) is 8.47. The molecule has 0 bridgehead atoms. The van der Waals surface area contributed by atoms with Gasteiger partial charge in [0.1, 0.15) is 17.0 Å². The number of aromatic nitrogens is 3. The standard InChI is InChI=1S/C18H12F6N4O/c19-17(20,21)6-5-14-25-12-3-4-13(18(22,23)24)27-16(12)28(14)10-1-2-11-9(7-10)8-15(29)26-11/h1-4,7H,5-6,8H2,(H,26,29). The molecule has 5 nitrogen and oxygen atoms in total. The van der Waals surface area contributed by atoms with E-state index in [1.54, 1.807) is 6.07 Å². The number of fused-ring (bicyclic) bond motifs is 2. The van der Waals surface area contributed by atoms with Crippen molar-refractivity contribution in [3.05, 3.63) is 47.4 Å². The molecule has 0 radical (unpaired) electrons. The average molecular weight is 414 g/mol. The Kier molecular flexibility index (Phi) is 4.28. The number of carbonyl (C=O) groups is 1. The van der Waals surface area contributed by atoms with Gasteiger partial charge in [0.05, 0.1) is 12.8 Å². The number of hydrogen-bond donors (Lipinski definition) is 1. The summed E-state index contributed by atoms with van der Waals surface area (Å²) < 4.78 is 78.7. The minimum Gasteiger partial charge on any atom is -0.326 e. The Morgan fingerprint density at radius 2 is 1.79 bits per heavy atom. The molecule has 0 aliphatic carbocycles. The summed E-state index contributed by atoms with van der Waals surface area (Å²) in [5.41, 5.74) is 0.0874. The molecule has 11 heteroatoms. The quantitative estimate of drug-likeness (QED) is 0.646. The van der Waals surface area contributed by atoms with E-state index in [0.717, 1.165) is 12.1 Å². The monoisotopic (exact) mass is 414 g/mol. The molecule has 4 rings (SSSR count). The lowest BCUT2D eigenvalue weighted by molar-refractivity contribution is -0.141. The number of imidazole rings is 1. The van der Waals surface area contributed by atoms with Crippen molar-refractivity contribution in [3.8, 4) is 5.69 Å². The maximum atomic E-state index is 13.1. The molecule has 0 unspecified atom stereocenters. The Hall–Kier alpha value is -3.11. The van der Waals surface area contributed by atoms with Crippen molar-refractivity contribution in [2.24, 2.45) is 0 Å². The van der Waals surface area contributed by atoms with Gasteiger partial charge in [-0.15, -0.1) is 0 Å². The molecule has 0 saturated carbocycles. The summed E-state index contributed by atoms with van der Waals surface area (Å²) in [7, 11) is 0. The van der Waals surface area contributed by atoms with Gasteiger partial charge >= 0.3 is 12.4 Å². The van der Waals surface area contributed by atoms with Crippen molar-refractivity contribution in [2.75, 3.05) is 5.32 Å². The van der Waals surface area contributed by atoms with E-state index in [1.165, 1.54) is 16.7 Å². The molecule has 2 aromatic heterocycles. The number of carbonyl (C=O) groups excluding carboxylic acids is 1. The van der Waals surface area contributed by atoms with Crippen LogP contribution in [-0.4, -0.2) is 26.6 Å². The number of hydrogen-bond acceptors (Lipinski definition) is 3. The van der Waals surface area contributed by atoms with E-state index in [4.69, 9.17) is 0 Å². The van der Waals surface area contributed by atoms with Crippen LogP contribution < -0.4 is 5.32 Å². The number of nitrogens with zero attached hydrogens (tertiary/aromatic N) is 3. The van der Waals surface area contributed by atoms with E-state index >= 15 is 0 Å². The van der Waals surface area contributed by atoms with Crippen LogP contribution in [-0.2, 0) is 23.8 Å². The van der Waals surface area contributed by atoms with Crippen LogP contribution in [0.1, 0.15) is 23.5 Å². The number of benzene rings is 1. The predicted molar refractivity (Wildman–Crippen MR) is 90.6 cm³/mol. The summed E-state index contributed by atoms with van der Waals surface area (Å²) in [5.74, 6) is -0.316. The highest BCUT2D eigenvalue weighted by Crippen LogP contribution is 2.32. The van der Waals surface area contributed by atoms with Crippen molar-refractivity contribution in [2.45, 2.75) is 31.6 Å². The molecule has 0 saturated heterocycles. The second kappa shape index (κ2) is 6.46. The fourth-order valence-corrected chi connectivity index (χ4v) is 3.21. The third-order valence-corrected chi connectivity index (χ3v) is 4.47. The van der Waals surface area contributed by atoms with Crippen LogP contribution in [0, 0.1) is 0 Å². The highest BCUT2D eigenvalue weighted by atomic mass is 19.4. The van der Waals surface area contributed by atoms with Crippen molar-refractivity contribution in [3.63, 3.8) is 0 Å². The van der Waals surface area contributed by atoms with E-state index in [-0.39, 0.29) is 35.0 Å². The highest BCUT2D eigenvalue weighted by Gasteiger charge is 2.34. The predicted octanol–water partition coefficient (Wildman–Crippen LogP) is 4.43. The Morgan fingerprint density at radius 3 is 2.48 bits per heavy atom. The van der Waals surface area contributed by atoms with Gasteiger partial charge in [0.15, 0.2) is 5.65 Å². The van der Waals surface area contributed by atoms with Crippen LogP contribution in [0.5, 0.6) is 0 Å². The summed E-state index contributed by atoms with van der Waals surface area (Å²) >= 11 is 0. The second-order valence-corrected chi connectivity index (χ2v) is 6.58. The lowest BCUT2D eigenvalue weighted by Gasteiger charge is -2.12. The van der Waals surface area contributed by atoms with E-state index in [0.29, 0.717) is 11.3 Å². The van der Waals surface area contributed by atoms with E-state index in [2.05, 4.69) is 15.3 Å². The Morgan fingerprint density at radius 1 is 1.03 bits per heavy atom. The van der Waals surface area contributed by atoms with Gasteiger partial charge in [-0.25, -0.2) is 9.97 Å². The van der Waals surface area contributed by atoms with Gasteiger partial charge in [-0.2, -0.15) is 26.3 Å². The molecule has 3 heterocycles. The summed E-state index contributed by atoms with van der Waals surface area (Å²) in [6, 6.07) is 6.39. The van der Waals surface area contributed by atoms with Crippen LogP contribution in [0.2, 0.25) is 0 Å². The largest absolute Gasteiger partial charge is 0.433 e. The van der Waals surface area contributed by atoms with Crippen molar-refractivity contribution in [1.82, 2.24) is 14.5 Å². The molecule has 1 amide bonds. The number of nitrogens with one attached hydrogen (secondary N) is 1. The average Bonchev–Trinajstić information content (AvgIpc) is 3.16. The van der Waals surface area contributed by atoms with Gasteiger partial charge in [-0.05, 0) is 35.9 Å². The third kappa shape index (κ3) is 3.76. The van der Waals surface area contributed by atoms with E-state index in [9.17, 15) is 31.1 Å². The summed E-state index contributed by atoms with van der Waals surface area (Å²) in [6.45, 7) is 0. The van der Waals surface area contributed by atoms with Crippen LogP contribution in [0.3, 0.4) is 0 Å². The van der Waals surface area contributed by atoms with Crippen molar-refractivity contribution >= 4 is 22.8 Å². The fourth-order valence-electron chi connectivity index (χ4n) is 3.21. The molecule has 29 heavy (non-hydrogen) atoms. The van der Waals surface area contributed by atoms with Crippen LogP contribution in [0.15, 0.2) is 30.3 Å². The van der Waals surface area contributed by atoms with Crippen molar-refractivity contribution < 1.29 is 31.1 Å². The van der Waals surface area contributed by atoms with Crippen LogP contribution in [0.25, 0.3) is 16.9 Å². The molecule has 0 atom stereocenters. The number of amides is 1. The van der Waals surface area contributed by atoms with Crippen molar-refractivity contribution in [1.29, 1.82) is 0 Å². The minimum absolute atomic E-state index is 0.0462. The Bertz CT molecular complexity index is 1120. The summed E-state index contributed by atoms with van der Waals surface area (Å²) in [4.78, 5) is 19.2. The van der Waals surface area contributed by atoms with Gasteiger partial charge in [0.25, 0.3) is 0 Å². The lowest BCUT2D eigenvalue weighted by Crippen LogP contribution is -2.12. The number of anilines is 1. The normalized spacial score (nSPS) is 14.3. The molecule has 1 aromatic carbocycles. The smallest absolute Gasteiger partial charge is 0.326 e. The van der Waals surface area contributed by atoms with E-state index < -0.39 is 30.9 Å². The highest BCUT2D eigenvalue weighted by molar-refractivity contribution is 5.99. The zero-order valence-electron chi connectivity index (χ0n) is 14.5. The zero-order chi connectivity index (χ0) is 21.0. The first-order chi connectivity index (χ1) is 13.5. The van der Waals surface area contributed by atoms with Gasteiger partial charge in [0, 0.05) is 17.8 Å². The van der Waals surface area contributed by atoms with Crippen LogP contribution >= 0.6 is 0 Å². The molecule has 0 spiro atoms. The lowest BCUT2D eigenvalue weighted by atomic mass is 10.1. The molecule has 152 valence electrons. The van der Waals surface area contributed by atoms with Gasteiger partial charge in [0.2, 0.25) is 5.91 Å². The second-order valence-electron chi connectivity index (χ2n) is 6.58. The van der Waals surface area contributed by atoms with Gasteiger partial charge in [-0.1, -0.05) is 0 Å². The van der Waals surface area contributed by atoms with E-state index in [1.807, 2.05) is 0 Å². The molecular weight excluding hydrogens is 402 g/mol. The maximum Gasteiger partial charge on any atom is 0.433 e. The molecule has 0 fully saturated rings. The fraction of sp³-hybridized carbons (Fsp3) is 0.278. The number of rotatable bonds is 3. The Balaban J connectivity index is 1.89. The summed E-state index contributed by atoms with van der Waals surface area (Å²) in [6.07, 6.45) is -10.8. The first-order valence-electron chi connectivity index (χ1n) is 8.47. The third-order valence-electron chi connectivity index (χ3n) is 4.47. The zero-order valence-corrected chi connectivity index (χ0v) is 14.5. The summed E-state index contributed by atoms with van der Waals surface area (Å²) in [5, 5.41) is 2.62. The SMILES string of the molecule is O=C1Cc2cc(-n3c(CCC(F)(F)F)nc4ccc(C(F)(F)F)nc43)ccc2N1. The number of halogens is 6. The molecule has 1 aliphatic rings. The minimum atomic E-state index is -4.72. The first kappa shape index (κ1) is 19.2. The van der Waals surface area contributed by atoms with Gasteiger partial charge < -0.3 is 5.32 Å². The number of aryl methyl sites for hydroxylation is 1. The topological polar surface area (TPSA) is 59.8 Å². The van der Waals surface area contributed by atoms with Crippen LogP contribution in [0.4, 0.5) is 32.0 Å². The molecule has 1 aliphatic heterocycles. The Labute approximate surface area is 159 Å². The number of alkyl halides is 6. The molecular formula is C18H12F6N4O. The molecule has 3 aromatic rings. The number of pyridine rings is 1. The molecule has 1 N–H and O–H groups in total. The van der Waals surface area contributed by atoms with Gasteiger partial charge in [-0.3, -0.25) is 9.36 Å².